The summed E-state index contributed by atoms with van der Waals surface area (Å²) < 4.78 is 10.5. The topological polar surface area (TPSA) is 55.6 Å². The zero-order valence-corrected chi connectivity index (χ0v) is 11.7. The van der Waals surface area contributed by atoms with Crippen molar-refractivity contribution in [1.82, 2.24) is 10.1 Å². The van der Waals surface area contributed by atoms with Gasteiger partial charge in [-0.15, -0.1) is 0 Å². The lowest BCUT2D eigenvalue weighted by atomic mass is 10.2. The van der Waals surface area contributed by atoms with Crippen molar-refractivity contribution in [2.75, 3.05) is 13.1 Å². The lowest BCUT2D eigenvalue weighted by Gasteiger charge is -2.15. The summed E-state index contributed by atoms with van der Waals surface area (Å²) >= 11 is 0. The van der Waals surface area contributed by atoms with E-state index < -0.39 is 0 Å². The van der Waals surface area contributed by atoms with Gasteiger partial charge in [0.05, 0.1) is 6.07 Å². The van der Waals surface area contributed by atoms with E-state index >= 15 is 0 Å². The van der Waals surface area contributed by atoms with Gasteiger partial charge in [-0.05, 0) is 24.6 Å². The van der Waals surface area contributed by atoms with Gasteiger partial charge in [-0.25, -0.2) is 0 Å². The van der Waals surface area contributed by atoms with E-state index in [1.165, 1.54) is 6.07 Å². The van der Waals surface area contributed by atoms with Gasteiger partial charge in [0.2, 0.25) is 5.76 Å². The van der Waals surface area contributed by atoms with Crippen molar-refractivity contribution >= 4 is 5.91 Å². The zero-order chi connectivity index (χ0) is 14.4. The molecule has 0 aliphatic carbocycles. The lowest BCUT2D eigenvalue weighted by Crippen LogP contribution is -2.30. The highest BCUT2D eigenvalue weighted by molar-refractivity contribution is 5.91. The second-order valence-corrected chi connectivity index (χ2v) is 4.28. The third-order valence-corrected chi connectivity index (χ3v) is 2.98. The third kappa shape index (κ3) is 3.38. The lowest BCUT2D eigenvalue weighted by molar-refractivity contribution is 0.0731. The Morgan fingerprint density at radius 1 is 1.25 bits per heavy atom. The van der Waals surface area contributed by atoms with E-state index in [9.17, 15) is 4.79 Å². The summed E-state index contributed by atoms with van der Waals surface area (Å²) in [5.41, 5.74) is 1.03. The first kappa shape index (κ1) is 14.1. The minimum Gasteiger partial charge on any atom is -0.471 e. The first-order chi connectivity index (χ1) is 9.74. The molecular weight excluding hydrogens is 256 g/mol. The van der Waals surface area contributed by atoms with Crippen LogP contribution in [0.4, 0.5) is 0 Å². The largest absolute Gasteiger partial charge is 0.471 e. The molecule has 0 N–H and O–H groups in total. The van der Waals surface area contributed by atoms with E-state index in [-0.39, 0.29) is 11.7 Å². The number of ether oxygens (including phenoxy) is 1. The molecule has 5 nitrogen and oxygen atoms in total. The molecule has 0 spiro atoms. The van der Waals surface area contributed by atoms with Gasteiger partial charge in [0.1, 0.15) is 6.61 Å². The first-order valence-corrected chi connectivity index (χ1v) is 6.67. The van der Waals surface area contributed by atoms with E-state index in [1.807, 2.05) is 44.2 Å². The molecule has 1 amide bonds. The highest BCUT2D eigenvalue weighted by Gasteiger charge is 2.18. The highest BCUT2D eigenvalue weighted by Crippen LogP contribution is 2.15. The van der Waals surface area contributed by atoms with Gasteiger partial charge >= 0.3 is 0 Å². The molecule has 1 heterocycles. The maximum absolute atomic E-state index is 12.0. The van der Waals surface area contributed by atoms with Crippen molar-refractivity contribution in [3.63, 3.8) is 0 Å². The molecule has 106 valence electrons. The van der Waals surface area contributed by atoms with E-state index in [1.54, 1.807) is 4.90 Å². The molecule has 2 aromatic rings. The summed E-state index contributed by atoms with van der Waals surface area (Å²) in [6.45, 7) is 5.51. The molecule has 20 heavy (non-hydrogen) atoms. The van der Waals surface area contributed by atoms with Crippen LogP contribution in [0.5, 0.6) is 5.88 Å². The van der Waals surface area contributed by atoms with Crippen LogP contribution in [0.3, 0.4) is 0 Å². The summed E-state index contributed by atoms with van der Waals surface area (Å²) in [6, 6.07) is 11.3. The Kier molecular flexibility index (Phi) is 4.76. The normalized spacial score (nSPS) is 10.3. The van der Waals surface area contributed by atoms with E-state index in [2.05, 4.69) is 5.16 Å². The van der Waals surface area contributed by atoms with E-state index in [0.717, 1.165) is 5.56 Å². The SMILES string of the molecule is CCN(CC)C(=O)c1cc(OCc2ccccc2)no1. The van der Waals surface area contributed by atoms with Crippen molar-refractivity contribution in [2.24, 2.45) is 0 Å². The predicted molar refractivity (Wildman–Crippen MR) is 74.5 cm³/mol. The average molecular weight is 274 g/mol. The van der Waals surface area contributed by atoms with Crippen LogP contribution in [0.2, 0.25) is 0 Å². The molecular formula is C15H18N2O3. The molecule has 1 aromatic carbocycles. The van der Waals surface area contributed by atoms with Crippen molar-refractivity contribution in [2.45, 2.75) is 20.5 Å². The van der Waals surface area contributed by atoms with Crippen molar-refractivity contribution in [3.05, 3.63) is 47.7 Å². The Balaban J connectivity index is 1.97. The van der Waals surface area contributed by atoms with Gasteiger partial charge in [0, 0.05) is 13.1 Å². The second kappa shape index (κ2) is 6.75. The maximum atomic E-state index is 12.0. The standard InChI is InChI=1S/C15H18N2O3/c1-3-17(4-2)15(18)13-10-14(16-20-13)19-11-12-8-6-5-7-9-12/h5-10H,3-4,11H2,1-2H3. The number of benzene rings is 1. The van der Waals surface area contributed by atoms with E-state index in [0.29, 0.717) is 25.6 Å². The highest BCUT2D eigenvalue weighted by atomic mass is 16.5. The van der Waals surface area contributed by atoms with Crippen LogP contribution in [0, 0.1) is 0 Å². The Labute approximate surface area is 118 Å². The van der Waals surface area contributed by atoms with Gasteiger partial charge in [0.25, 0.3) is 11.8 Å². The van der Waals surface area contributed by atoms with Crippen LogP contribution in [0.25, 0.3) is 0 Å². The van der Waals surface area contributed by atoms with Gasteiger partial charge in [-0.2, -0.15) is 0 Å². The fourth-order valence-electron chi connectivity index (χ4n) is 1.83. The minimum atomic E-state index is -0.169. The Hall–Kier alpha value is -2.30. The molecule has 0 aliphatic heterocycles. The van der Waals surface area contributed by atoms with Gasteiger partial charge in [-0.3, -0.25) is 4.79 Å². The minimum absolute atomic E-state index is 0.169. The summed E-state index contributed by atoms with van der Waals surface area (Å²) in [6.07, 6.45) is 0. The molecule has 0 saturated heterocycles. The number of carbonyl (C=O) groups excluding carboxylic acids is 1. The Morgan fingerprint density at radius 3 is 2.60 bits per heavy atom. The number of aromatic nitrogens is 1. The molecule has 1 aromatic heterocycles. The van der Waals surface area contributed by atoms with Gasteiger partial charge in [-0.1, -0.05) is 30.3 Å². The predicted octanol–water partition coefficient (Wildman–Crippen LogP) is 2.74. The van der Waals surface area contributed by atoms with Crippen LogP contribution in [0.15, 0.2) is 40.9 Å². The van der Waals surface area contributed by atoms with Crippen LogP contribution in [0.1, 0.15) is 30.0 Å². The molecule has 5 heteroatoms. The summed E-state index contributed by atoms with van der Waals surface area (Å²) in [5.74, 6) is 0.359. The van der Waals surface area contributed by atoms with Gasteiger partial charge < -0.3 is 14.2 Å². The summed E-state index contributed by atoms with van der Waals surface area (Å²) in [5, 5.41) is 3.76. The van der Waals surface area contributed by atoms with Crippen molar-refractivity contribution in [1.29, 1.82) is 0 Å². The van der Waals surface area contributed by atoms with Crippen molar-refractivity contribution < 1.29 is 14.1 Å². The molecule has 0 aliphatic rings. The fourth-order valence-corrected chi connectivity index (χ4v) is 1.83. The van der Waals surface area contributed by atoms with Crippen LogP contribution < -0.4 is 4.74 Å². The maximum Gasteiger partial charge on any atom is 0.292 e. The monoisotopic (exact) mass is 274 g/mol. The molecule has 0 bridgehead atoms. The Bertz CT molecular complexity index is 547. The Morgan fingerprint density at radius 2 is 1.95 bits per heavy atom. The summed E-state index contributed by atoms with van der Waals surface area (Å²) in [7, 11) is 0. The first-order valence-electron chi connectivity index (χ1n) is 6.67. The van der Waals surface area contributed by atoms with Crippen LogP contribution in [-0.4, -0.2) is 29.1 Å². The quantitative estimate of drug-likeness (QED) is 0.812. The fraction of sp³-hybridized carbons (Fsp3) is 0.333. The van der Waals surface area contributed by atoms with Gasteiger partial charge in [0.15, 0.2) is 0 Å². The number of amides is 1. The number of hydrogen-bond donors (Lipinski definition) is 0. The summed E-state index contributed by atoms with van der Waals surface area (Å²) in [4.78, 5) is 13.7. The van der Waals surface area contributed by atoms with Crippen LogP contribution in [-0.2, 0) is 6.61 Å². The van der Waals surface area contributed by atoms with Crippen molar-refractivity contribution in [3.8, 4) is 5.88 Å². The van der Waals surface area contributed by atoms with E-state index in [4.69, 9.17) is 9.26 Å². The molecule has 0 fully saturated rings. The van der Waals surface area contributed by atoms with Crippen LogP contribution >= 0.6 is 0 Å². The number of nitrogens with zero attached hydrogens (tertiary/aromatic N) is 2. The number of hydrogen-bond acceptors (Lipinski definition) is 4. The number of rotatable bonds is 6. The molecule has 0 radical (unpaired) electrons. The molecule has 0 atom stereocenters. The number of carbonyl (C=O) groups is 1. The smallest absolute Gasteiger partial charge is 0.292 e. The average Bonchev–Trinajstić information content (AvgIpc) is 2.96. The third-order valence-electron chi connectivity index (χ3n) is 2.98. The molecule has 0 unspecified atom stereocenters. The zero-order valence-electron chi connectivity index (χ0n) is 11.7. The molecule has 2 rings (SSSR count). The molecule has 0 saturated carbocycles. The second-order valence-electron chi connectivity index (χ2n) is 4.28.